The first-order chi connectivity index (χ1) is 11.7. The molecule has 1 aromatic carbocycles. The normalized spacial score (nSPS) is 19.8. The average molecular weight is 387 g/mol. The molecule has 1 heterocycles. The molecule has 9 nitrogen and oxygen atoms in total. The third-order valence-electron chi connectivity index (χ3n) is 3.83. The number of amides is 2. The second-order valence-electron chi connectivity index (χ2n) is 5.88. The zero-order valence-corrected chi connectivity index (χ0v) is 14.8. The summed E-state index contributed by atoms with van der Waals surface area (Å²) in [5, 5.41) is 2.66. The van der Waals surface area contributed by atoms with Crippen LogP contribution in [0.3, 0.4) is 0 Å². The van der Waals surface area contributed by atoms with Gasteiger partial charge in [-0.3, -0.25) is 9.59 Å². The number of anilines is 1. The quantitative estimate of drug-likeness (QED) is 0.665. The van der Waals surface area contributed by atoms with E-state index in [0.717, 1.165) is 12.8 Å². The largest absolute Gasteiger partial charge is 0.352 e. The van der Waals surface area contributed by atoms with E-state index in [2.05, 4.69) is 10.0 Å². The lowest BCUT2D eigenvalue weighted by molar-refractivity contribution is -0.120. The molecule has 1 saturated heterocycles. The molecule has 0 aromatic heterocycles. The highest BCUT2D eigenvalue weighted by atomic mass is 32.2. The summed E-state index contributed by atoms with van der Waals surface area (Å²) in [6.45, 7) is -0.375. The van der Waals surface area contributed by atoms with Crippen molar-refractivity contribution in [1.82, 2.24) is 10.0 Å². The number of nitrogens with one attached hydrogen (secondary N) is 2. The fraction of sp³-hybridized carbons (Fsp3) is 0.429. The minimum absolute atomic E-state index is 0.0907. The monoisotopic (exact) mass is 387 g/mol. The Morgan fingerprint density at radius 3 is 2.36 bits per heavy atom. The Labute approximate surface area is 145 Å². The Hall–Kier alpha value is -1.98. The van der Waals surface area contributed by atoms with Crippen LogP contribution in [0.15, 0.2) is 29.2 Å². The lowest BCUT2D eigenvalue weighted by Crippen LogP contribution is -2.37. The van der Waals surface area contributed by atoms with Crippen LogP contribution in [-0.2, 0) is 29.6 Å². The van der Waals surface area contributed by atoms with Crippen molar-refractivity contribution < 1.29 is 26.4 Å². The Bertz CT molecular complexity index is 904. The number of carbonyl (C=O) groups is 2. The van der Waals surface area contributed by atoms with Gasteiger partial charge in [-0.05, 0) is 37.1 Å². The van der Waals surface area contributed by atoms with Crippen molar-refractivity contribution in [2.24, 2.45) is 0 Å². The third-order valence-corrected chi connectivity index (χ3v) is 6.93. The van der Waals surface area contributed by atoms with Crippen molar-refractivity contribution in [2.45, 2.75) is 30.2 Å². The van der Waals surface area contributed by atoms with Gasteiger partial charge in [-0.1, -0.05) is 0 Å². The summed E-state index contributed by atoms with van der Waals surface area (Å²) in [5.74, 6) is -1.22. The van der Waals surface area contributed by atoms with E-state index in [1.807, 2.05) is 0 Å². The Morgan fingerprint density at radius 1 is 1.20 bits per heavy atom. The summed E-state index contributed by atoms with van der Waals surface area (Å²) < 4.78 is 50.9. The predicted octanol–water partition coefficient (Wildman–Crippen LogP) is -0.690. The minimum Gasteiger partial charge on any atom is -0.352 e. The highest BCUT2D eigenvalue weighted by Gasteiger charge is 2.36. The van der Waals surface area contributed by atoms with Crippen LogP contribution in [0, 0.1) is 0 Å². The molecule has 2 N–H and O–H groups in total. The second-order valence-corrected chi connectivity index (χ2v) is 9.59. The maximum absolute atomic E-state index is 12.2. The molecule has 0 unspecified atom stereocenters. The first-order valence-electron chi connectivity index (χ1n) is 7.64. The zero-order chi connectivity index (χ0) is 18.2. The zero-order valence-electron chi connectivity index (χ0n) is 13.1. The van der Waals surface area contributed by atoms with Crippen LogP contribution in [0.1, 0.15) is 19.3 Å². The molecule has 1 aliphatic carbocycles. The average Bonchev–Trinajstić information content (AvgIpc) is 3.31. The van der Waals surface area contributed by atoms with Crippen molar-refractivity contribution in [2.75, 3.05) is 16.6 Å². The molecule has 136 valence electrons. The smallest absolute Gasteiger partial charge is 0.242 e. The minimum atomic E-state index is -3.92. The van der Waals surface area contributed by atoms with Crippen LogP contribution in [0.5, 0.6) is 0 Å². The molecule has 1 aliphatic heterocycles. The molecule has 1 saturated carbocycles. The van der Waals surface area contributed by atoms with E-state index in [1.54, 1.807) is 0 Å². The maximum Gasteiger partial charge on any atom is 0.242 e. The number of nitrogens with zero attached hydrogens (tertiary/aromatic N) is 1. The number of sulfonamides is 2. The molecule has 0 bridgehead atoms. The molecule has 11 heteroatoms. The number of hydrogen-bond donors (Lipinski definition) is 2. The highest BCUT2D eigenvalue weighted by Crippen LogP contribution is 2.26. The molecular weight excluding hydrogens is 370 g/mol. The summed E-state index contributed by atoms with van der Waals surface area (Å²) >= 11 is 0. The Morgan fingerprint density at radius 2 is 1.84 bits per heavy atom. The van der Waals surface area contributed by atoms with Gasteiger partial charge < -0.3 is 5.32 Å². The summed E-state index contributed by atoms with van der Waals surface area (Å²) in [6.07, 6.45) is 1.70. The Balaban J connectivity index is 1.70. The van der Waals surface area contributed by atoms with Gasteiger partial charge in [0.15, 0.2) is 0 Å². The molecule has 25 heavy (non-hydrogen) atoms. The van der Waals surface area contributed by atoms with E-state index < -0.39 is 31.9 Å². The van der Waals surface area contributed by atoms with Crippen LogP contribution in [0.4, 0.5) is 5.69 Å². The standard InChI is InChI=1S/C14H17N3O6S2/c18-13(16-10-1-2-10)9-15-25(22,23)12-5-3-11(4-6-12)17-14(19)7-8-24(17,20)21/h3-6,10,15H,1-2,7-9H2,(H,16,18). The number of rotatable bonds is 6. The van der Waals surface area contributed by atoms with Gasteiger partial charge in [0.2, 0.25) is 31.9 Å². The lowest BCUT2D eigenvalue weighted by atomic mass is 10.3. The SMILES string of the molecule is O=C(CNS(=O)(=O)c1ccc(N2C(=O)CCS2(=O)=O)cc1)NC1CC1. The van der Waals surface area contributed by atoms with E-state index in [-0.39, 0.29) is 35.3 Å². The molecule has 1 aromatic rings. The predicted molar refractivity (Wildman–Crippen MR) is 88.7 cm³/mol. The van der Waals surface area contributed by atoms with Crippen molar-refractivity contribution in [3.63, 3.8) is 0 Å². The van der Waals surface area contributed by atoms with E-state index in [1.165, 1.54) is 24.3 Å². The summed E-state index contributed by atoms with van der Waals surface area (Å²) in [5.41, 5.74) is 0.0907. The van der Waals surface area contributed by atoms with Gasteiger partial charge in [-0.15, -0.1) is 0 Å². The van der Waals surface area contributed by atoms with E-state index in [4.69, 9.17) is 0 Å². The van der Waals surface area contributed by atoms with Crippen molar-refractivity contribution in [1.29, 1.82) is 0 Å². The van der Waals surface area contributed by atoms with Gasteiger partial charge in [-0.2, -0.15) is 0 Å². The maximum atomic E-state index is 12.2. The van der Waals surface area contributed by atoms with E-state index >= 15 is 0 Å². The Kier molecular flexibility index (Phi) is 4.56. The highest BCUT2D eigenvalue weighted by molar-refractivity contribution is 7.94. The second kappa shape index (κ2) is 6.39. The van der Waals surface area contributed by atoms with Crippen molar-refractivity contribution in [3.8, 4) is 0 Å². The van der Waals surface area contributed by atoms with Gasteiger partial charge in [0.05, 0.1) is 22.9 Å². The van der Waals surface area contributed by atoms with Crippen LogP contribution in [-0.4, -0.2) is 47.0 Å². The number of benzene rings is 1. The first-order valence-corrected chi connectivity index (χ1v) is 10.7. The summed E-state index contributed by atoms with van der Waals surface area (Å²) in [6, 6.07) is 5.02. The molecule has 2 fully saturated rings. The molecule has 0 radical (unpaired) electrons. The molecule has 2 aliphatic rings. The lowest BCUT2D eigenvalue weighted by Gasteiger charge is -2.15. The van der Waals surface area contributed by atoms with Gasteiger partial charge in [0.25, 0.3) is 0 Å². The van der Waals surface area contributed by atoms with Crippen LogP contribution < -0.4 is 14.3 Å². The van der Waals surface area contributed by atoms with Gasteiger partial charge in [-0.25, -0.2) is 25.9 Å². The first kappa shape index (κ1) is 17.8. The molecule has 2 amide bonds. The van der Waals surface area contributed by atoms with Crippen molar-refractivity contribution in [3.05, 3.63) is 24.3 Å². The van der Waals surface area contributed by atoms with Crippen LogP contribution >= 0.6 is 0 Å². The third kappa shape index (κ3) is 3.99. The number of hydrogen-bond acceptors (Lipinski definition) is 6. The fourth-order valence-electron chi connectivity index (χ4n) is 2.38. The van der Waals surface area contributed by atoms with Gasteiger partial charge >= 0.3 is 0 Å². The topological polar surface area (TPSA) is 130 Å². The van der Waals surface area contributed by atoms with Crippen LogP contribution in [0.25, 0.3) is 0 Å². The van der Waals surface area contributed by atoms with Crippen molar-refractivity contribution >= 4 is 37.5 Å². The summed E-state index contributed by atoms with van der Waals surface area (Å²) in [7, 11) is -7.62. The van der Waals surface area contributed by atoms with E-state index in [9.17, 15) is 26.4 Å². The van der Waals surface area contributed by atoms with Gasteiger partial charge in [0, 0.05) is 12.5 Å². The summed E-state index contributed by atoms with van der Waals surface area (Å²) in [4.78, 5) is 23.1. The molecular formula is C14H17N3O6S2. The van der Waals surface area contributed by atoms with Crippen LogP contribution in [0.2, 0.25) is 0 Å². The fourth-order valence-corrected chi connectivity index (χ4v) is 4.82. The number of carbonyl (C=O) groups excluding carboxylic acids is 2. The molecule has 0 atom stereocenters. The molecule has 0 spiro atoms. The van der Waals surface area contributed by atoms with Gasteiger partial charge in [0.1, 0.15) is 0 Å². The van der Waals surface area contributed by atoms with E-state index in [0.29, 0.717) is 4.31 Å². The molecule has 3 rings (SSSR count).